The van der Waals surface area contributed by atoms with Gasteiger partial charge in [0.05, 0.1) is 24.4 Å². The number of rotatable bonds is 4. The summed E-state index contributed by atoms with van der Waals surface area (Å²) in [7, 11) is 1.95. The van der Waals surface area contributed by atoms with Gasteiger partial charge in [-0.25, -0.2) is 0 Å². The Hall–Kier alpha value is -0.520. The van der Waals surface area contributed by atoms with Crippen molar-refractivity contribution in [2.24, 2.45) is 7.05 Å². The lowest BCUT2D eigenvalue weighted by Gasteiger charge is -2.29. The molecule has 1 aliphatic heterocycles. The predicted molar refractivity (Wildman–Crippen MR) is 66.7 cm³/mol. The van der Waals surface area contributed by atoms with Crippen molar-refractivity contribution in [1.29, 1.82) is 0 Å². The van der Waals surface area contributed by atoms with E-state index in [9.17, 15) is 0 Å². The minimum Gasteiger partial charge on any atom is -0.374 e. The van der Waals surface area contributed by atoms with E-state index in [1.807, 2.05) is 29.7 Å². The van der Waals surface area contributed by atoms with Gasteiger partial charge < -0.3 is 10.1 Å². The molecule has 2 atom stereocenters. The lowest BCUT2D eigenvalue weighted by molar-refractivity contribution is 0.0460. The van der Waals surface area contributed by atoms with E-state index in [1.165, 1.54) is 0 Å². The van der Waals surface area contributed by atoms with E-state index in [0.717, 1.165) is 30.4 Å². The second kappa shape index (κ2) is 5.70. The number of hydrogen-bond donors (Lipinski definition) is 1. The Morgan fingerprint density at radius 2 is 2.62 bits per heavy atom. The quantitative estimate of drug-likeness (QED) is 0.860. The van der Waals surface area contributed by atoms with Crippen molar-refractivity contribution in [1.82, 2.24) is 15.1 Å². The van der Waals surface area contributed by atoms with Gasteiger partial charge in [-0.1, -0.05) is 6.92 Å². The summed E-state index contributed by atoms with van der Waals surface area (Å²) in [4.78, 5) is 0. The van der Waals surface area contributed by atoms with Gasteiger partial charge in [0.1, 0.15) is 0 Å². The fourth-order valence-corrected chi connectivity index (χ4v) is 2.85. The zero-order chi connectivity index (χ0) is 11.4. The number of ether oxygens (including phenoxy) is 1. The zero-order valence-electron chi connectivity index (χ0n) is 9.85. The van der Waals surface area contributed by atoms with E-state index in [-0.39, 0.29) is 12.1 Å². The molecule has 2 heterocycles. The fourth-order valence-electron chi connectivity index (χ4n) is 1.94. The summed E-state index contributed by atoms with van der Waals surface area (Å²) in [5, 5.41) is 7.94. The fraction of sp³-hybridized carbons (Fsp3) is 0.727. The Morgan fingerprint density at radius 1 is 1.75 bits per heavy atom. The van der Waals surface area contributed by atoms with E-state index in [1.54, 1.807) is 0 Å². The molecule has 5 heteroatoms. The van der Waals surface area contributed by atoms with Crippen LogP contribution in [-0.4, -0.2) is 40.5 Å². The maximum absolute atomic E-state index is 5.82. The smallest absolute Gasteiger partial charge is 0.0876 e. The van der Waals surface area contributed by atoms with Gasteiger partial charge in [0.25, 0.3) is 0 Å². The molecular weight excluding hydrogens is 222 g/mol. The number of likely N-dealkylation sites (N-methyl/N-ethyl adjacent to an activating group) is 1. The first-order valence-electron chi connectivity index (χ1n) is 5.73. The molecule has 4 nitrogen and oxygen atoms in total. The van der Waals surface area contributed by atoms with Crippen LogP contribution in [0.5, 0.6) is 0 Å². The summed E-state index contributed by atoms with van der Waals surface area (Å²) in [5.41, 5.74) is 1.08. The minimum absolute atomic E-state index is 0.221. The van der Waals surface area contributed by atoms with Crippen molar-refractivity contribution in [3.63, 3.8) is 0 Å². The first-order chi connectivity index (χ1) is 7.81. The summed E-state index contributed by atoms with van der Waals surface area (Å²) >= 11 is 1.96. The third-order valence-corrected chi connectivity index (χ3v) is 3.71. The van der Waals surface area contributed by atoms with Gasteiger partial charge in [-0.05, 0) is 12.6 Å². The third kappa shape index (κ3) is 2.78. The molecule has 0 spiro atoms. The Kier molecular flexibility index (Phi) is 4.26. The maximum atomic E-state index is 5.82. The van der Waals surface area contributed by atoms with Gasteiger partial charge in [-0.15, -0.1) is 0 Å². The van der Waals surface area contributed by atoms with Gasteiger partial charge in [0, 0.05) is 24.8 Å². The predicted octanol–water partition coefficient (Wildman–Crippen LogP) is 1.20. The SMILES string of the molecule is CCNC(c1ccn(C)n1)C1CSCCO1. The molecule has 1 fully saturated rings. The second-order valence-corrected chi connectivity index (χ2v) is 5.08. The van der Waals surface area contributed by atoms with Crippen LogP contribution in [0, 0.1) is 0 Å². The Bertz CT molecular complexity index is 323. The standard InChI is InChI=1S/C11H19N3OS/c1-3-12-11(9-4-5-14(2)13-9)10-8-16-7-6-15-10/h4-5,10-12H,3,6-8H2,1-2H3. The molecule has 2 rings (SSSR count). The van der Waals surface area contributed by atoms with Crippen LogP contribution >= 0.6 is 11.8 Å². The topological polar surface area (TPSA) is 39.1 Å². The Balaban J connectivity index is 2.09. The van der Waals surface area contributed by atoms with E-state index in [4.69, 9.17) is 4.74 Å². The number of hydrogen-bond acceptors (Lipinski definition) is 4. The highest BCUT2D eigenvalue weighted by atomic mass is 32.2. The molecule has 1 aliphatic rings. The lowest BCUT2D eigenvalue weighted by Crippen LogP contribution is -2.38. The first kappa shape index (κ1) is 12.0. The average molecular weight is 241 g/mol. The van der Waals surface area contributed by atoms with Crippen molar-refractivity contribution >= 4 is 11.8 Å². The molecule has 1 saturated heterocycles. The number of thioether (sulfide) groups is 1. The molecule has 1 N–H and O–H groups in total. The van der Waals surface area contributed by atoms with Crippen molar-refractivity contribution in [3.05, 3.63) is 18.0 Å². The van der Waals surface area contributed by atoms with Crippen molar-refractivity contribution in [2.45, 2.75) is 19.1 Å². The molecule has 90 valence electrons. The summed E-state index contributed by atoms with van der Waals surface area (Å²) in [6.07, 6.45) is 2.23. The van der Waals surface area contributed by atoms with Gasteiger partial charge in [-0.3, -0.25) is 4.68 Å². The van der Waals surface area contributed by atoms with Gasteiger partial charge in [-0.2, -0.15) is 16.9 Å². The Labute approximate surface area is 101 Å². The molecular formula is C11H19N3OS. The number of nitrogens with zero attached hydrogens (tertiary/aromatic N) is 2. The Morgan fingerprint density at radius 3 is 3.19 bits per heavy atom. The van der Waals surface area contributed by atoms with Crippen LogP contribution in [0.4, 0.5) is 0 Å². The van der Waals surface area contributed by atoms with E-state index in [0.29, 0.717) is 0 Å². The number of aromatic nitrogens is 2. The molecule has 0 saturated carbocycles. The average Bonchev–Trinajstić information content (AvgIpc) is 2.74. The maximum Gasteiger partial charge on any atom is 0.0876 e. The summed E-state index contributed by atoms with van der Waals surface area (Å²) < 4.78 is 7.67. The molecule has 16 heavy (non-hydrogen) atoms. The molecule has 2 unspecified atom stereocenters. The molecule has 1 aromatic heterocycles. The van der Waals surface area contributed by atoms with Crippen LogP contribution in [0.2, 0.25) is 0 Å². The summed E-state index contributed by atoms with van der Waals surface area (Å²) in [5.74, 6) is 2.16. The molecule has 0 bridgehead atoms. The van der Waals surface area contributed by atoms with Crippen molar-refractivity contribution in [2.75, 3.05) is 24.7 Å². The lowest BCUT2D eigenvalue weighted by atomic mass is 10.1. The molecule has 0 aromatic carbocycles. The van der Waals surface area contributed by atoms with E-state index >= 15 is 0 Å². The molecule has 0 amide bonds. The number of aryl methyl sites for hydroxylation is 1. The van der Waals surface area contributed by atoms with Gasteiger partial charge in [0.15, 0.2) is 0 Å². The monoisotopic (exact) mass is 241 g/mol. The highest BCUT2D eigenvalue weighted by molar-refractivity contribution is 7.99. The molecule has 0 aliphatic carbocycles. The van der Waals surface area contributed by atoms with Crippen LogP contribution in [0.25, 0.3) is 0 Å². The van der Waals surface area contributed by atoms with Crippen LogP contribution in [0.15, 0.2) is 12.3 Å². The first-order valence-corrected chi connectivity index (χ1v) is 6.89. The summed E-state index contributed by atoms with van der Waals surface area (Å²) in [6.45, 7) is 3.90. The van der Waals surface area contributed by atoms with Gasteiger partial charge >= 0.3 is 0 Å². The highest BCUT2D eigenvalue weighted by Gasteiger charge is 2.27. The van der Waals surface area contributed by atoms with Crippen molar-refractivity contribution < 1.29 is 4.74 Å². The molecule has 0 radical (unpaired) electrons. The molecule has 1 aromatic rings. The van der Waals surface area contributed by atoms with E-state index < -0.39 is 0 Å². The largest absolute Gasteiger partial charge is 0.374 e. The second-order valence-electron chi connectivity index (χ2n) is 3.93. The van der Waals surface area contributed by atoms with Crippen LogP contribution in [-0.2, 0) is 11.8 Å². The zero-order valence-corrected chi connectivity index (χ0v) is 10.7. The minimum atomic E-state index is 0.221. The van der Waals surface area contributed by atoms with Crippen LogP contribution < -0.4 is 5.32 Å². The van der Waals surface area contributed by atoms with Crippen molar-refractivity contribution in [3.8, 4) is 0 Å². The van der Waals surface area contributed by atoms with Crippen LogP contribution in [0.1, 0.15) is 18.7 Å². The normalized spacial score (nSPS) is 23.2. The van der Waals surface area contributed by atoms with Crippen LogP contribution in [0.3, 0.4) is 0 Å². The summed E-state index contributed by atoms with van der Waals surface area (Å²) in [6, 6.07) is 2.29. The van der Waals surface area contributed by atoms with Gasteiger partial charge in [0.2, 0.25) is 0 Å². The number of nitrogens with one attached hydrogen (secondary N) is 1. The highest BCUT2D eigenvalue weighted by Crippen LogP contribution is 2.24. The third-order valence-electron chi connectivity index (χ3n) is 2.69. The van der Waals surface area contributed by atoms with E-state index in [2.05, 4.69) is 23.4 Å².